The van der Waals surface area contributed by atoms with Crippen molar-refractivity contribution in [3.63, 3.8) is 0 Å². The maximum atomic E-state index is 14.5. The van der Waals surface area contributed by atoms with E-state index < -0.39 is 11.6 Å². The van der Waals surface area contributed by atoms with Crippen LogP contribution in [0, 0.1) is 11.6 Å². The van der Waals surface area contributed by atoms with Crippen molar-refractivity contribution in [1.29, 1.82) is 0 Å². The summed E-state index contributed by atoms with van der Waals surface area (Å²) in [5.41, 5.74) is 3.88. The Morgan fingerprint density at radius 3 is 2.62 bits per heavy atom. The van der Waals surface area contributed by atoms with Gasteiger partial charge in [0, 0.05) is 48.5 Å². The number of carbonyl (C=O) groups is 1. The Morgan fingerprint density at radius 2 is 1.84 bits per heavy atom. The van der Waals surface area contributed by atoms with Gasteiger partial charge in [-0.25, -0.2) is 13.3 Å². The Bertz CT molecular complexity index is 1450. The van der Waals surface area contributed by atoms with Gasteiger partial charge in [-0.05, 0) is 73.9 Å². The first kappa shape index (κ1) is 23.4. The van der Waals surface area contributed by atoms with Gasteiger partial charge in [-0.3, -0.25) is 4.79 Å². The summed E-state index contributed by atoms with van der Waals surface area (Å²) in [6.07, 6.45) is 5.32. The number of aliphatic hydroxyl groups is 1. The predicted molar refractivity (Wildman–Crippen MR) is 138 cm³/mol. The molecule has 2 saturated heterocycles. The quantitative estimate of drug-likeness (QED) is 0.410. The van der Waals surface area contributed by atoms with Crippen LogP contribution in [0.1, 0.15) is 41.2 Å². The number of halogens is 2. The van der Waals surface area contributed by atoms with Crippen LogP contribution in [0.25, 0.3) is 5.52 Å². The van der Waals surface area contributed by atoms with E-state index in [-0.39, 0.29) is 18.1 Å². The molecule has 1 amide bonds. The summed E-state index contributed by atoms with van der Waals surface area (Å²) in [6.45, 7) is 2.12. The van der Waals surface area contributed by atoms with E-state index in [0.29, 0.717) is 41.8 Å². The summed E-state index contributed by atoms with van der Waals surface area (Å²) in [5.74, 6) is -1.17. The number of hydrogen-bond acceptors (Lipinski definition) is 5. The van der Waals surface area contributed by atoms with Gasteiger partial charge in [-0.1, -0.05) is 0 Å². The molecular formula is C28H27F2N5O2. The first-order chi connectivity index (χ1) is 18.0. The van der Waals surface area contributed by atoms with Gasteiger partial charge in [0.15, 0.2) is 0 Å². The van der Waals surface area contributed by atoms with Crippen molar-refractivity contribution in [3.05, 3.63) is 89.8 Å². The monoisotopic (exact) mass is 503 g/mol. The molecule has 2 aliphatic rings. The largest absolute Gasteiger partial charge is 0.391 e. The third kappa shape index (κ3) is 4.51. The zero-order valence-corrected chi connectivity index (χ0v) is 20.1. The van der Waals surface area contributed by atoms with Gasteiger partial charge in [-0.15, -0.1) is 0 Å². The molecule has 7 nitrogen and oxygen atoms in total. The first-order valence-electron chi connectivity index (χ1n) is 12.5. The molecule has 0 saturated carbocycles. The molecular weight excluding hydrogens is 476 g/mol. The van der Waals surface area contributed by atoms with Gasteiger partial charge in [-0.2, -0.15) is 5.10 Å². The van der Waals surface area contributed by atoms with E-state index in [1.54, 1.807) is 10.7 Å². The van der Waals surface area contributed by atoms with Gasteiger partial charge in [0.2, 0.25) is 0 Å². The zero-order chi connectivity index (χ0) is 25.5. The topological polar surface area (TPSA) is 73.1 Å². The Hall–Kier alpha value is -3.98. The molecule has 2 aromatic heterocycles. The van der Waals surface area contributed by atoms with Crippen LogP contribution in [0.15, 0.2) is 67.0 Å². The second-order valence-corrected chi connectivity index (χ2v) is 9.68. The van der Waals surface area contributed by atoms with Crippen LogP contribution in [0.4, 0.5) is 25.8 Å². The minimum absolute atomic E-state index is 0.284. The smallest absolute Gasteiger partial charge is 0.259 e. The van der Waals surface area contributed by atoms with Crippen molar-refractivity contribution in [2.45, 2.75) is 31.4 Å². The van der Waals surface area contributed by atoms with E-state index in [2.05, 4.69) is 20.2 Å². The normalized spacial score (nSPS) is 19.6. The molecule has 0 aliphatic carbocycles. The van der Waals surface area contributed by atoms with Gasteiger partial charge in [0.1, 0.15) is 11.6 Å². The van der Waals surface area contributed by atoms with Gasteiger partial charge >= 0.3 is 0 Å². The molecule has 0 radical (unpaired) electrons. The number of fused-ring (bicyclic) bond motifs is 1. The molecule has 6 rings (SSSR count). The summed E-state index contributed by atoms with van der Waals surface area (Å²) in [6, 6.07) is 14.6. The highest BCUT2D eigenvalue weighted by Gasteiger charge is 2.29. The number of amides is 1. The van der Waals surface area contributed by atoms with Crippen LogP contribution in [0.2, 0.25) is 0 Å². The lowest BCUT2D eigenvalue weighted by Gasteiger charge is -2.27. The fraction of sp³-hybridized carbons (Fsp3) is 0.286. The van der Waals surface area contributed by atoms with E-state index in [4.69, 9.17) is 0 Å². The van der Waals surface area contributed by atoms with Crippen LogP contribution in [-0.2, 0) is 0 Å². The summed E-state index contributed by atoms with van der Waals surface area (Å²) < 4.78 is 30.1. The summed E-state index contributed by atoms with van der Waals surface area (Å²) in [5, 5.41) is 17.0. The molecule has 4 aromatic rings. The highest BCUT2D eigenvalue weighted by Crippen LogP contribution is 2.38. The van der Waals surface area contributed by atoms with E-state index in [9.17, 15) is 18.7 Å². The second kappa shape index (κ2) is 9.48. The van der Waals surface area contributed by atoms with E-state index >= 15 is 0 Å². The molecule has 37 heavy (non-hydrogen) atoms. The van der Waals surface area contributed by atoms with E-state index in [1.807, 2.05) is 36.4 Å². The van der Waals surface area contributed by atoms with Crippen LogP contribution in [-0.4, -0.2) is 46.4 Å². The molecule has 0 spiro atoms. The molecule has 190 valence electrons. The summed E-state index contributed by atoms with van der Waals surface area (Å²) in [7, 11) is 0. The molecule has 2 N–H and O–H groups in total. The van der Waals surface area contributed by atoms with Gasteiger partial charge in [0.25, 0.3) is 5.91 Å². The van der Waals surface area contributed by atoms with Gasteiger partial charge in [0.05, 0.1) is 29.4 Å². The van der Waals surface area contributed by atoms with Crippen molar-refractivity contribution in [3.8, 4) is 0 Å². The molecule has 4 heterocycles. The number of β-amino-alcohol motifs (C(OH)–C–C–N with tert-alkyl or cyclic N) is 1. The first-order valence-corrected chi connectivity index (χ1v) is 12.5. The second-order valence-electron chi connectivity index (χ2n) is 9.68. The number of hydrogen-bond donors (Lipinski definition) is 2. The molecule has 2 aliphatic heterocycles. The number of anilines is 3. The van der Waals surface area contributed by atoms with Crippen molar-refractivity contribution < 1.29 is 18.7 Å². The fourth-order valence-corrected chi connectivity index (χ4v) is 5.42. The average molecular weight is 504 g/mol. The fourth-order valence-electron chi connectivity index (χ4n) is 5.42. The number of pyridine rings is 1. The number of carbonyl (C=O) groups excluding carboxylic acids is 1. The predicted octanol–water partition coefficient (Wildman–Crippen LogP) is 4.78. The SMILES string of the molecule is O=C(Nc1ccc(N2CC[C@H](O)C2)cc1)c1cnn2ccc(N3CCC[C@@H]3c3cc(F)ccc3F)cc12. The standard InChI is InChI=1S/C28H27F2N5O2/c29-18-3-8-25(30)23(14-18)26-2-1-11-34(26)21-9-13-35-27(15-21)24(16-31-35)28(37)32-19-4-6-20(7-5-19)33-12-10-22(36)17-33/h3-9,13-16,22,26,36H,1-2,10-12,17H2,(H,32,37)/t22-,26+/m0/s1. The number of nitrogens with one attached hydrogen (secondary N) is 1. The number of rotatable bonds is 5. The molecule has 2 aromatic carbocycles. The lowest BCUT2D eigenvalue weighted by Crippen LogP contribution is -2.23. The lowest BCUT2D eigenvalue weighted by molar-refractivity contribution is 0.102. The number of aliphatic hydroxyl groups excluding tert-OH is 1. The lowest BCUT2D eigenvalue weighted by atomic mass is 10.0. The summed E-state index contributed by atoms with van der Waals surface area (Å²) in [4.78, 5) is 17.3. The number of nitrogens with zero attached hydrogens (tertiary/aromatic N) is 4. The summed E-state index contributed by atoms with van der Waals surface area (Å²) >= 11 is 0. The number of benzene rings is 2. The minimum atomic E-state index is -0.459. The van der Waals surface area contributed by atoms with Crippen LogP contribution < -0.4 is 15.1 Å². The molecule has 0 unspecified atom stereocenters. The van der Waals surface area contributed by atoms with Crippen LogP contribution >= 0.6 is 0 Å². The molecule has 0 bridgehead atoms. The molecule has 2 atom stereocenters. The van der Waals surface area contributed by atoms with Crippen LogP contribution in [0.5, 0.6) is 0 Å². The maximum absolute atomic E-state index is 14.5. The minimum Gasteiger partial charge on any atom is -0.391 e. The van der Waals surface area contributed by atoms with Crippen molar-refractivity contribution in [2.24, 2.45) is 0 Å². The van der Waals surface area contributed by atoms with Gasteiger partial charge < -0.3 is 20.2 Å². The Balaban J connectivity index is 1.23. The highest BCUT2D eigenvalue weighted by molar-refractivity contribution is 6.09. The highest BCUT2D eigenvalue weighted by atomic mass is 19.1. The third-order valence-corrected chi connectivity index (χ3v) is 7.30. The van der Waals surface area contributed by atoms with E-state index in [1.165, 1.54) is 18.3 Å². The maximum Gasteiger partial charge on any atom is 0.259 e. The van der Waals surface area contributed by atoms with Crippen molar-refractivity contribution in [2.75, 3.05) is 34.8 Å². The number of aromatic nitrogens is 2. The molecule has 9 heteroatoms. The Kier molecular flexibility index (Phi) is 6.00. The third-order valence-electron chi connectivity index (χ3n) is 7.30. The van der Waals surface area contributed by atoms with E-state index in [0.717, 1.165) is 36.8 Å². The Labute approximate surface area is 212 Å². The van der Waals surface area contributed by atoms with Crippen LogP contribution in [0.3, 0.4) is 0 Å². The average Bonchev–Trinajstić information content (AvgIpc) is 3.65. The Morgan fingerprint density at radius 1 is 1.00 bits per heavy atom. The van der Waals surface area contributed by atoms with Crippen molar-refractivity contribution >= 4 is 28.5 Å². The molecule has 2 fully saturated rings. The zero-order valence-electron chi connectivity index (χ0n) is 20.1. The van der Waals surface area contributed by atoms with Crippen molar-refractivity contribution in [1.82, 2.24) is 9.61 Å².